The first-order valence-electron chi connectivity index (χ1n) is 5.69. The van der Waals surface area contributed by atoms with Gasteiger partial charge in [0.15, 0.2) is 0 Å². The number of rotatable bonds is 4. The molecule has 5 nitrogen and oxygen atoms in total. The number of nitrogens with one attached hydrogen (secondary N) is 1. The Bertz CT molecular complexity index is 838. The molecule has 0 bridgehead atoms. The standard InChI is InChI=1S/C13H8Cl2FNO4S/c14-10-6-11(15)12(5-9(10)13(18)19)22(20,21)17-8-3-1-7(16)2-4-8/h1-6,17H,(H,18,19)/p-1. The number of benzene rings is 2. The third kappa shape index (κ3) is 3.49. The van der Waals surface area contributed by atoms with E-state index in [2.05, 4.69) is 4.72 Å². The van der Waals surface area contributed by atoms with E-state index in [9.17, 15) is 22.7 Å². The lowest BCUT2D eigenvalue weighted by atomic mass is 10.2. The van der Waals surface area contributed by atoms with Crippen molar-refractivity contribution in [1.29, 1.82) is 0 Å². The summed E-state index contributed by atoms with van der Waals surface area (Å²) in [6.07, 6.45) is 0. The van der Waals surface area contributed by atoms with Crippen molar-refractivity contribution in [3.05, 3.63) is 57.8 Å². The molecule has 2 aromatic carbocycles. The maximum atomic E-state index is 12.8. The lowest BCUT2D eigenvalue weighted by Gasteiger charge is -2.13. The first-order valence-corrected chi connectivity index (χ1v) is 7.93. The zero-order valence-electron chi connectivity index (χ0n) is 10.6. The molecule has 0 aliphatic carbocycles. The third-order valence-corrected chi connectivity index (χ3v) is 4.79. The molecule has 0 aliphatic rings. The van der Waals surface area contributed by atoms with Crippen LogP contribution in [0.2, 0.25) is 10.0 Å². The summed E-state index contributed by atoms with van der Waals surface area (Å²) in [5.41, 5.74) is -0.423. The largest absolute Gasteiger partial charge is 0.545 e. The van der Waals surface area contributed by atoms with Crippen LogP contribution in [-0.4, -0.2) is 14.4 Å². The molecule has 9 heteroatoms. The van der Waals surface area contributed by atoms with Gasteiger partial charge in [0.25, 0.3) is 10.0 Å². The van der Waals surface area contributed by atoms with Crippen LogP contribution in [0.4, 0.5) is 10.1 Å². The van der Waals surface area contributed by atoms with Crippen molar-refractivity contribution in [2.75, 3.05) is 4.72 Å². The predicted molar refractivity (Wildman–Crippen MR) is 78.0 cm³/mol. The molecule has 0 unspecified atom stereocenters. The summed E-state index contributed by atoms with van der Waals surface area (Å²) in [6.45, 7) is 0. The first kappa shape index (κ1) is 16.5. The summed E-state index contributed by atoms with van der Waals surface area (Å²) in [4.78, 5) is 10.4. The summed E-state index contributed by atoms with van der Waals surface area (Å²) in [7, 11) is -4.18. The molecular weight excluding hydrogens is 356 g/mol. The van der Waals surface area contributed by atoms with E-state index in [-0.39, 0.29) is 15.7 Å². The highest BCUT2D eigenvalue weighted by atomic mass is 35.5. The van der Waals surface area contributed by atoms with Gasteiger partial charge in [0, 0.05) is 11.3 Å². The summed E-state index contributed by atoms with van der Waals surface area (Å²) >= 11 is 11.5. The van der Waals surface area contributed by atoms with Crippen molar-refractivity contribution < 1.29 is 22.7 Å². The number of sulfonamides is 1. The minimum absolute atomic E-state index is 0.0856. The molecule has 1 N–H and O–H groups in total. The number of carbonyl (C=O) groups excluding carboxylic acids is 1. The topological polar surface area (TPSA) is 86.3 Å². The third-order valence-electron chi connectivity index (χ3n) is 2.63. The number of carboxylic acids is 1. The minimum atomic E-state index is -4.18. The molecule has 2 rings (SSSR count). The van der Waals surface area contributed by atoms with Crippen LogP contribution in [0.5, 0.6) is 0 Å². The number of carbonyl (C=O) groups is 1. The van der Waals surface area contributed by atoms with E-state index < -0.39 is 32.3 Å². The molecule has 0 saturated heterocycles. The maximum Gasteiger partial charge on any atom is 0.263 e. The highest BCUT2D eigenvalue weighted by Gasteiger charge is 2.20. The molecule has 0 fully saturated rings. The SMILES string of the molecule is O=C([O-])c1cc(S(=O)(=O)Nc2ccc(F)cc2)c(Cl)cc1Cl. The highest BCUT2D eigenvalue weighted by Crippen LogP contribution is 2.29. The Balaban J connectivity index is 2.47. The van der Waals surface area contributed by atoms with Crippen LogP contribution in [-0.2, 0) is 10.0 Å². The second-order valence-electron chi connectivity index (χ2n) is 4.16. The average Bonchev–Trinajstić information content (AvgIpc) is 2.40. The van der Waals surface area contributed by atoms with Crippen LogP contribution in [0.25, 0.3) is 0 Å². The second kappa shape index (κ2) is 6.12. The summed E-state index contributed by atoms with van der Waals surface area (Å²) in [5, 5.41) is 10.4. The van der Waals surface area contributed by atoms with Gasteiger partial charge in [0.2, 0.25) is 0 Å². The van der Waals surface area contributed by atoms with Crippen LogP contribution in [0.1, 0.15) is 10.4 Å². The van der Waals surface area contributed by atoms with Crippen molar-refractivity contribution in [1.82, 2.24) is 0 Å². The fourth-order valence-corrected chi connectivity index (χ4v) is 3.53. The van der Waals surface area contributed by atoms with Crippen LogP contribution in [0, 0.1) is 5.82 Å². The van der Waals surface area contributed by atoms with E-state index in [0.29, 0.717) is 0 Å². The molecule has 0 saturated carbocycles. The molecular formula is C13H7Cl2FNO4S-. The van der Waals surface area contributed by atoms with Gasteiger partial charge in [-0.1, -0.05) is 23.2 Å². The second-order valence-corrected chi connectivity index (χ2v) is 6.63. The number of anilines is 1. The quantitative estimate of drug-likeness (QED) is 0.903. The van der Waals surface area contributed by atoms with Crippen LogP contribution in [0.3, 0.4) is 0 Å². The summed E-state index contributed by atoms with van der Waals surface area (Å²) in [6, 6.07) is 6.33. The summed E-state index contributed by atoms with van der Waals surface area (Å²) < 4.78 is 39.5. The van der Waals surface area contributed by atoms with Gasteiger partial charge >= 0.3 is 0 Å². The zero-order valence-corrected chi connectivity index (χ0v) is 13.0. The molecule has 0 atom stereocenters. The van der Waals surface area contributed by atoms with Crippen LogP contribution < -0.4 is 9.83 Å². The minimum Gasteiger partial charge on any atom is -0.545 e. The molecule has 0 spiro atoms. The normalized spacial score (nSPS) is 11.2. The number of hydrogen-bond donors (Lipinski definition) is 1. The van der Waals surface area contributed by atoms with Gasteiger partial charge in [-0.2, -0.15) is 0 Å². The van der Waals surface area contributed by atoms with E-state index in [4.69, 9.17) is 23.2 Å². The van der Waals surface area contributed by atoms with Crippen molar-refractivity contribution in [2.24, 2.45) is 0 Å². The van der Waals surface area contributed by atoms with Crippen LogP contribution in [0.15, 0.2) is 41.3 Å². The smallest absolute Gasteiger partial charge is 0.263 e. The molecule has 2 aromatic rings. The maximum absolute atomic E-state index is 12.8. The molecule has 22 heavy (non-hydrogen) atoms. The molecule has 0 radical (unpaired) electrons. The van der Waals surface area contributed by atoms with E-state index in [0.717, 1.165) is 24.3 Å². The number of halogens is 3. The van der Waals surface area contributed by atoms with E-state index in [1.54, 1.807) is 0 Å². The number of aromatic carboxylic acids is 1. The monoisotopic (exact) mass is 362 g/mol. The average molecular weight is 363 g/mol. The first-order chi connectivity index (χ1) is 10.2. The Kier molecular flexibility index (Phi) is 4.60. The molecule has 0 heterocycles. The molecule has 116 valence electrons. The molecule has 0 amide bonds. The fourth-order valence-electron chi connectivity index (χ4n) is 1.62. The van der Waals surface area contributed by atoms with E-state index >= 15 is 0 Å². The van der Waals surface area contributed by atoms with Gasteiger partial charge < -0.3 is 9.90 Å². The van der Waals surface area contributed by atoms with Crippen LogP contribution >= 0.6 is 23.2 Å². The van der Waals surface area contributed by atoms with E-state index in [1.165, 1.54) is 12.1 Å². The van der Waals surface area contributed by atoms with Crippen molar-refractivity contribution in [3.63, 3.8) is 0 Å². The van der Waals surface area contributed by atoms with Gasteiger partial charge in [0.1, 0.15) is 10.7 Å². The van der Waals surface area contributed by atoms with Gasteiger partial charge in [-0.25, -0.2) is 12.8 Å². The Morgan fingerprint density at radius 1 is 1.09 bits per heavy atom. The molecule has 0 aliphatic heterocycles. The van der Waals surface area contributed by atoms with Crippen molar-refractivity contribution in [3.8, 4) is 0 Å². The predicted octanol–water partition coefficient (Wildman–Crippen LogP) is 2.30. The van der Waals surface area contributed by atoms with E-state index in [1.807, 2.05) is 0 Å². The number of carboxylic acid groups (broad SMARTS) is 1. The Morgan fingerprint density at radius 2 is 1.68 bits per heavy atom. The zero-order chi connectivity index (χ0) is 16.5. The van der Waals surface area contributed by atoms with Gasteiger partial charge in [-0.05, 0) is 36.4 Å². The Hall–Kier alpha value is -1.83. The van der Waals surface area contributed by atoms with Crippen molar-refractivity contribution >= 4 is 44.9 Å². The lowest BCUT2D eigenvalue weighted by molar-refractivity contribution is -0.255. The molecule has 0 aromatic heterocycles. The van der Waals surface area contributed by atoms with Gasteiger partial charge in [-0.15, -0.1) is 0 Å². The highest BCUT2D eigenvalue weighted by molar-refractivity contribution is 7.92. The lowest BCUT2D eigenvalue weighted by Crippen LogP contribution is -2.23. The summed E-state index contributed by atoms with van der Waals surface area (Å²) in [5.74, 6) is -2.17. The Labute approximate surface area is 135 Å². The van der Waals surface area contributed by atoms with Gasteiger partial charge in [0.05, 0.1) is 16.0 Å². The number of hydrogen-bond acceptors (Lipinski definition) is 4. The fraction of sp³-hybridized carbons (Fsp3) is 0. The van der Waals surface area contributed by atoms with Gasteiger partial charge in [-0.3, -0.25) is 4.72 Å². The van der Waals surface area contributed by atoms with Crippen molar-refractivity contribution in [2.45, 2.75) is 4.90 Å². The Morgan fingerprint density at radius 3 is 2.23 bits per heavy atom.